The Labute approximate surface area is 160 Å². The molecule has 0 N–H and O–H groups in total. The summed E-state index contributed by atoms with van der Waals surface area (Å²) in [6.07, 6.45) is 0.978. The van der Waals surface area contributed by atoms with Gasteiger partial charge in [0.05, 0.1) is 10.4 Å². The summed E-state index contributed by atoms with van der Waals surface area (Å²) in [5.74, 6) is 1.00. The van der Waals surface area contributed by atoms with Gasteiger partial charge in [0.25, 0.3) is 10.0 Å². The Balaban J connectivity index is 1.38. The number of rotatable bonds is 4. The Morgan fingerprint density at radius 3 is 2.64 bits per heavy atom. The summed E-state index contributed by atoms with van der Waals surface area (Å²) in [5, 5.41) is 0. The van der Waals surface area contributed by atoms with E-state index >= 15 is 0 Å². The molecule has 0 spiro atoms. The highest BCUT2D eigenvalue weighted by molar-refractivity contribution is 9.11. The topological polar surface area (TPSA) is 49.9 Å². The summed E-state index contributed by atoms with van der Waals surface area (Å²) in [5.41, 5.74) is 2.55. The highest BCUT2D eigenvalue weighted by atomic mass is 79.9. The predicted octanol–water partition coefficient (Wildman–Crippen LogP) is 2.95. The fraction of sp³-hybridized carbons (Fsp3) is 0.412. The molecule has 0 aliphatic carbocycles. The summed E-state index contributed by atoms with van der Waals surface area (Å²) in [6.45, 7) is 4.19. The van der Waals surface area contributed by atoms with Crippen LogP contribution in [0.5, 0.6) is 5.75 Å². The van der Waals surface area contributed by atoms with Crippen molar-refractivity contribution < 1.29 is 13.2 Å². The van der Waals surface area contributed by atoms with Crippen LogP contribution in [0.1, 0.15) is 11.1 Å². The summed E-state index contributed by atoms with van der Waals surface area (Å²) in [4.78, 5) is 2.31. The fourth-order valence-electron chi connectivity index (χ4n) is 3.29. The van der Waals surface area contributed by atoms with Gasteiger partial charge in [-0.25, -0.2) is 8.42 Å². The monoisotopic (exact) mass is 442 g/mol. The van der Waals surface area contributed by atoms with Gasteiger partial charge < -0.3 is 4.74 Å². The molecule has 0 atom stereocenters. The minimum atomic E-state index is -3.37. The number of hydrogen-bond acceptors (Lipinski definition) is 5. The van der Waals surface area contributed by atoms with Gasteiger partial charge in [-0.1, -0.05) is 12.1 Å². The van der Waals surface area contributed by atoms with Gasteiger partial charge >= 0.3 is 0 Å². The third kappa shape index (κ3) is 3.64. The second-order valence-electron chi connectivity index (χ2n) is 6.28. The van der Waals surface area contributed by atoms with Crippen LogP contribution in [-0.2, 0) is 23.0 Å². The molecule has 1 aromatic heterocycles. The van der Waals surface area contributed by atoms with E-state index in [1.54, 1.807) is 16.4 Å². The largest absolute Gasteiger partial charge is 0.493 e. The molecule has 8 heteroatoms. The molecular formula is C17H19BrN2O3S2. The van der Waals surface area contributed by atoms with E-state index in [2.05, 4.69) is 33.0 Å². The van der Waals surface area contributed by atoms with Gasteiger partial charge in [-0.3, -0.25) is 4.90 Å². The number of hydrogen-bond donors (Lipinski definition) is 0. The van der Waals surface area contributed by atoms with E-state index in [0.717, 1.165) is 42.2 Å². The number of ether oxygens (including phenoxy) is 1. The van der Waals surface area contributed by atoms with E-state index < -0.39 is 10.0 Å². The summed E-state index contributed by atoms with van der Waals surface area (Å²) < 4.78 is 33.7. The Bertz CT molecular complexity index is 874. The molecule has 5 nitrogen and oxygen atoms in total. The molecule has 2 aromatic rings. The maximum absolute atomic E-state index is 12.7. The van der Waals surface area contributed by atoms with Gasteiger partial charge in [0.2, 0.25) is 0 Å². The van der Waals surface area contributed by atoms with Crippen LogP contribution in [0.25, 0.3) is 0 Å². The Morgan fingerprint density at radius 1 is 1.12 bits per heavy atom. The third-order valence-corrected chi connectivity index (χ3v) is 8.62. The third-order valence-electron chi connectivity index (χ3n) is 4.63. The van der Waals surface area contributed by atoms with Crippen molar-refractivity contribution in [3.63, 3.8) is 0 Å². The molecule has 4 rings (SSSR count). The average molecular weight is 443 g/mol. The molecule has 2 aliphatic heterocycles. The van der Waals surface area contributed by atoms with Crippen LogP contribution in [0.2, 0.25) is 0 Å². The normalized spacial score (nSPS) is 18.9. The first-order valence-corrected chi connectivity index (χ1v) is 11.3. The molecule has 2 aliphatic rings. The quantitative estimate of drug-likeness (QED) is 0.729. The van der Waals surface area contributed by atoms with Crippen molar-refractivity contribution >= 4 is 37.3 Å². The van der Waals surface area contributed by atoms with Gasteiger partial charge in [-0.2, -0.15) is 4.31 Å². The van der Waals surface area contributed by atoms with E-state index in [1.165, 1.54) is 22.5 Å². The molecule has 1 aromatic carbocycles. The van der Waals surface area contributed by atoms with Crippen molar-refractivity contribution in [2.24, 2.45) is 0 Å². The predicted molar refractivity (Wildman–Crippen MR) is 102 cm³/mol. The van der Waals surface area contributed by atoms with Crippen molar-refractivity contribution in [1.29, 1.82) is 0 Å². The summed E-state index contributed by atoms with van der Waals surface area (Å²) >= 11 is 4.60. The lowest BCUT2D eigenvalue weighted by Gasteiger charge is -2.33. The molecular weight excluding hydrogens is 424 g/mol. The van der Waals surface area contributed by atoms with E-state index in [-0.39, 0.29) is 0 Å². The molecule has 0 unspecified atom stereocenters. The van der Waals surface area contributed by atoms with E-state index in [4.69, 9.17) is 4.74 Å². The molecule has 1 fully saturated rings. The minimum Gasteiger partial charge on any atom is -0.493 e. The molecule has 3 heterocycles. The van der Waals surface area contributed by atoms with E-state index in [1.807, 2.05) is 6.07 Å². The zero-order chi connectivity index (χ0) is 17.4. The lowest BCUT2D eigenvalue weighted by molar-refractivity contribution is 0.181. The molecule has 0 saturated carbocycles. The molecule has 0 amide bonds. The van der Waals surface area contributed by atoms with Gasteiger partial charge in [-0.05, 0) is 45.3 Å². The molecule has 134 valence electrons. The summed E-state index contributed by atoms with van der Waals surface area (Å²) in [7, 11) is -3.37. The number of fused-ring (bicyclic) bond motifs is 1. The van der Waals surface area contributed by atoms with Crippen molar-refractivity contribution in [2.45, 2.75) is 17.2 Å². The number of nitrogens with zero attached hydrogens (tertiary/aromatic N) is 2. The zero-order valence-electron chi connectivity index (χ0n) is 13.7. The van der Waals surface area contributed by atoms with Crippen LogP contribution in [0.4, 0.5) is 0 Å². The smallest absolute Gasteiger partial charge is 0.252 e. The standard InChI is InChI=1S/C17H19BrN2O3S2/c18-16-3-4-17(24-16)25(21,22)20-8-6-19(7-9-20)12-13-1-2-15-14(11-13)5-10-23-15/h1-4,11H,5-10,12H2. The maximum Gasteiger partial charge on any atom is 0.252 e. The van der Waals surface area contributed by atoms with Crippen molar-refractivity contribution in [3.05, 3.63) is 45.2 Å². The van der Waals surface area contributed by atoms with Crippen LogP contribution in [-0.4, -0.2) is 50.4 Å². The SMILES string of the molecule is O=S(=O)(c1ccc(Br)s1)N1CCN(Cc2ccc3c(c2)CCO3)CC1. The van der Waals surface area contributed by atoms with Gasteiger partial charge in [0.1, 0.15) is 9.96 Å². The number of piperazine rings is 1. The summed E-state index contributed by atoms with van der Waals surface area (Å²) in [6, 6.07) is 9.83. The first kappa shape index (κ1) is 17.5. The molecule has 1 saturated heterocycles. The van der Waals surface area contributed by atoms with Gasteiger partial charge in [0.15, 0.2) is 0 Å². The van der Waals surface area contributed by atoms with Gasteiger partial charge in [-0.15, -0.1) is 11.3 Å². The first-order valence-electron chi connectivity index (χ1n) is 8.25. The van der Waals surface area contributed by atoms with Crippen molar-refractivity contribution in [2.75, 3.05) is 32.8 Å². The maximum atomic E-state index is 12.7. The number of halogens is 1. The van der Waals surface area contributed by atoms with Gasteiger partial charge in [0, 0.05) is 39.1 Å². The number of thiophene rings is 1. The van der Waals surface area contributed by atoms with Crippen molar-refractivity contribution in [3.8, 4) is 5.75 Å². The fourth-order valence-corrected chi connectivity index (χ4v) is 6.87. The van der Waals surface area contributed by atoms with Crippen LogP contribution >= 0.6 is 27.3 Å². The zero-order valence-corrected chi connectivity index (χ0v) is 16.9. The van der Waals surface area contributed by atoms with Crippen LogP contribution in [0.3, 0.4) is 0 Å². The average Bonchev–Trinajstić information content (AvgIpc) is 3.24. The molecule has 0 radical (unpaired) electrons. The Hall–Kier alpha value is -0.930. The van der Waals surface area contributed by atoms with Crippen LogP contribution in [0, 0.1) is 0 Å². The molecule has 0 bridgehead atoms. The van der Waals surface area contributed by atoms with Crippen molar-refractivity contribution in [1.82, 2.24) is 9.21 Å². The second kappa shape index (κ2) is 7.00. The highest BCUT2D eigenvalue weighted by Crippen LogP contribution is 2.29. The van der Waals surface area contributed by atoms with E-state index in [9.17, 15) is 8.42 Å². The first-order chi connectivity index (χ1) is 12.0. The van der Waals surface area contributed by atoms with Crippen LogP contribution < -0.4 is 4.74 Å². The van der Waals surface area contributed by atoms with E-state index in [0.29, 0.717) is 17.3 Å². The number of benzene rings is 1. The Morgan fingerprint density at radius 2 is 1.92 bits per heavy atom. The highest BCUT2D eigenvalue weighted by Gasteiger charge is 2.29. The lowest BCUT2D eigenvalue weighted by Crippen LogP contribution is -2.48. The van der Waals surface area contributed by atoms with Crippen LogP contribution in [0.15, 0.2) is 38.3 Å². The lowest BCUT2D eigenvalue weighted by atomic mass is 10.1. The number of sulfonamides is 1. The minimum absolute atomic E-state index is 0.409. The Kier molecular flexibility index (Phi) is 4.89. The molecule has 25 heavy (non-hydrogen) atoms. The second-order valence-corrected chi connectivity index (χ2v) is 10.9.